The van der Waals surface area contributed by atoms with Crippen molar-refractivity contribution in [3.05, 3.63) is 54.2 Å². The molecule has 0 aliphatic carbocycles. The van der Waals surface area contributed by atoms with Crippen molar-refractivity contribution in [3.8, 4) is 11.6 Å². The number of aromatic amines is 1. The Morgan fingerprint density at radius 2 is 2.04 bits per heavy atom. The number of benzene rings is 1. The van der Waals surface area contributed by atoms with Crippen molar-refractivity contribution in [3.63, 3.8) is 0 Å². The summed E-state index contributed by atoms with van der Waals surface area (Å²) in [5.41, 5.74) is 1.85. The predicted octanol–water partition coefficient (Wildman–Crippen LogP) is 3.20. The summed E-state index contributed by atoms with van der Waals surface area (Å²) in [6.45, 7) is 2.41. The van der Waals surface area contributed by atoms with E-state index in [1.807, 2.05) is 49.4 Å². The number of aromatic nitrogens is 3. The van der Waals surface area contributed by atoms with Crippen molar-refractivity contribution in [1.29, 1.82) is 0 Å². The van der Waals surface area contributed by atoms with E-state index in [4.69, 9.17) is 4.42 Å². The summed E-state index contributed by atoms with van der Waals surface area (Å²) in [7, 11) is 1.80. The summed E-state index contributed by atoms with van der Waals surface area (Å²) in [5, 5.41) is 8.06. The van der Waals surface area contributed by atoms with Gasteiger partial charge >= 0.3 is 0 Å². The zero-order valence-corrected chi connectivity index (χ0v) is 14.3. The lowest BCUT2D eigenvalue weighted by Crippen LogP contribution is -2.32. The largest absolute Gasteiger partial charge is 0.410 e. The summed E-state index contributed by atoms with van der Waals surface area (Å²) < 4.78 is 5.59. The molecule has 3 rings (SSSR count). The molecule has 1 aromatic carbocycles. The van der Waals surface area contributed by atoms with E-state index < -0.39 is 0 Å². The molecule has 0 aliphatic heterocycles. The number of amides is 1. The van der Waals surface area contributed by atoms with Crippen molar-refractivity contribution in [2.75, 3.05) is 7.05 Å². The lowest BCUT2D eigenvalue weighted by Gasteiger charge is -2.20. The Morgan fingerprint density at radius 1 is 1.25 bits per heavy atom. The minimum atomic E-state index is -0.310. The van der Waals surface area contributed by atoms with Crippen LogP contribution < -0.4 is 0 Å². The number of H-pyrrole nitrogens is 1. The average Bonchev–Trinajstić information content (AvgIpc) is 3.26. The Morgan fingerprint density at radius 3 is 2.75 bits per heavy atom. The lowest BCUT2D eigenvalue weighted by atomic mass is 10.2. The van der Waals surface area contributed by atoms with Crippen LogP contribution in [0.5, 0.6) is 0 Å². The second-order valence-corrected chi connectivity index (χ2v) is 6.69. The first-order valence-electron chi connectivity index (χ1n) is 7.56. The molecule has 1 amide bonds. The zero-order valence-electron chi connectivity index (χ0n) is 13.5. The summed E-state index contributed by atoms with van der Waals surface area (Å²) in [6.07, 6.45) is 1.79. The predicted molar refractivity (Wildman–Crippen MR) is 92.3 cm³/mol. The first kappa shape index (κ1) is 16.3. The Bertz CT molecular complexity index is 786. The van der Waals surface area contributed by atoms with Crippen molar-refractivity contribution in [1.82, 2.24) is 20.1 Å². The molecule has 2 aromatic heterocycles. The van der Waals surface area contributed by atoms with Crippen molar-refractivity contribution in [2.24, 2.45) is 0 Å². The Labute approximate surface area is 144 Å². The maximum Gasteiger partial charge on any atom is 0.277 e. The number of nitrogens with one attached hydrogen (secondary N) is 1. The number of carbonyl (C=O) groups is 1. The SMILES string of the molecule is CC(Sc1nnc(-c2ccc[nH]2)o1)C(=O)N(C)Cc1ccccc1. The van der Waals surface area contributed by atoms with Crippen LogP contribution in [-0.2, 0) is 11.3 Å². The van der Waals surface area contributed by atoms with Crippen LogP contribution in [0.4, 0.5) is 0 Å². The van der Waals surface area contributed by atoms with E-state index >= 15 is 0 Å². The molecule has 1 N–H and O–H groups in total. The zero-order chi connectivity index (χ0) is 16.9. The normalized spacial score (nSPS) is 12.1. The molecule has 0 fully saturated rings. The fraction of sp³-hybridized carbons (Fsp3) is 0.235. The molecule has 0 radical (unpaired) electrons. The van der Waals surface area contributed by atoms with Gasteiger partial charge in [-0.05, 0) is 24.6 Å². The molecule has 0 saturated heterocycles. The molecule has 3 aromatic rings. The van der Waals surface area contributed by atoms with Crippen LogP contribution >= 0.6 is 11.8 Å². The first-order valence-corrected chi connectivity index (χ1v) is 8.44. The summed E-state index contributed by atoms with van der Waals surface area (Å²) >= 11 is 1.26. The number of nitrogens with zero attached hydrogens (tertiary/aromatic N) is 3. The van der Waals surface area contributed by atoms with E-state index in [-0.39, 0.29) is 11.2 Å². The van der Waals surface area contributed by atoms with Gasteiger partial charge in [0.05, 0.1) is 5.25 Å². The molecule has 7 heteroatoms. The summed E-state index contributed by atoms with van der Waals surface area (Å²) in [4.78, 5) is 17.2. The first-order chi connectivity index (χ1) is 11.6. The van der Waals surface area contributed by atoms with Gasteiger partial charge in [-0.15, -0.1) is 10.2 Å². The highest BCUT2D eigenvalue weighted by Gasteiger charge is 2.22. The second kappa shape index (κ2) is 7.35. The highest BCUT2D eigenvalue weighted by Crippen LogP contribution is 2.26. The molecule has 6 nitrogen and oxygen atoms in total. The van der Waals surface area contributed by atoms with E-state index in [9.17, 15) is 4.79 Å². The van der Waals surface area contributed by atoms with E-state index in [1.54, 1.807) is 18.1 Å². The minimum Gasteiger partial charge on any atom is -0.410 e. The van der Waals surface area contributed by atoms with Crippen molar-refractivity contribution in [2.45, 2.75) is 23.9 Å². The molecule has 0 spiro atoms. The van der Waals surface area contributed by atoms with Gasteiger partial charge in [0.1, 0.15) is 5.69 Å². The maximum absolute atomic E-state index is 12.5. The van der Waals surface area contributed by atoms with Gasteiger partial charge < -0.3 is 14.3 Å². The van der Waals surface area contributed by atoms with Crippen LogP contribution in [-0.4, -0.2) is 38.3 Å². The summed E-state index contributed by atoms with van der Waals surface area (Å²) in [5.74, 6) is 0.434. The van der Waals surface area contributed by atoms with Gasteiger partial charge in [0.2, 0.25) is 5.91 Å². The smallest absolute Gasteiger partial charge is 0.277 e. The number of thioether (sulfide) groups is 1. The number of carbonyl (C=O) groups excluding carboxylic acids is 1. The van der Waals surface area contributed by atoms with Crippen LogP contribution in [0.1, 0.15) is 12.5 Å². The topological polar surface area (TPSA) is 75.0 Å². The van der Waals surface area contributed by atoms with Gasteiger partial charge in [-0.2, -0.15) is 0 Å². The van der Waals surface area contributed by atoms with Gasteiger partial charge in [0, 0.05) is 19.8 Å². The molecule has 124 valence electrons. The Hall–Kier alpha value is -2.54. The molecule has 2 heterocycles. The standard InChI is InChI=1S/C17H18N4O2S/c1-12(16(22)21(2)11-13-7-4-3-5-8-13)24-17-20-19-15(23-17)14-9-6-10-18-14/h3-10,12,18H,11H2,1-2H3. The molecule has 0 aliphatic rings. The van der Waals surface area contributed by atoms with Gasteiger partial charge in [-0.1, -0.05) is 42.1 Å². The van der Waals surface area contributed by atoms with E-state index in [1.165, 1.54) is 11.8 Å². The number of rotatable bonds is 6. The Kier molecular flexibility index (Phi) is 5.00. The maximum atomic E-state index is 12.5. The monoisotopic (exact) mass is 342 g/mol. The van der Waals surface area contributed by atoms with Crippen LogP contribution in [0.2, 0.25) is 0 Å². The van der Waals surface area contributed by atoms with Crippen LogP contribution in [0.15, 0.2) is 58.3 Å². The average molecular weight is 342 g/mol. The third-order valence-corrected chi connectivity index (χ3v) is 4.42. The van der Waals surface area contributed by atoms with Gasteiger partial charge in [-0.25, -0.2) is 0 Å². The molecular weight excluding hydrogens is 324 g/mol. The molecular formula is C17H18N4O2S. The Balaban J connectivity index is 1.60. The van der Waals surface area contributed by atoms with Crippen LogP contribution in [0.3, 0.4) is 0 Å². The molecule has 0 bridgehead atoms. The van der Waals surface area contributed by atoms with E-state index in [0.29, 0.717) is 17.7 Å². The third-order valence-electron chi connectivity index (χ3n) is 3.50. The third kappa shape index (κ3) is 3.86. The molecule has 1 atom stereocenters. The quantitative estimate of drug-likeness (QED) is 0.696. The lowest BCUT2D eigenvalue weighted by molar-refractivity contribution is -0.129. The second-order valence-electron chi connectivity index (χ2n) is 5.40. The molecule has 1 unspecified atom stereocenters. The highest BCUT2D eigenvalue weighted by atomic mass is 32.2. The highest BCUT2D eigenvalue weighted by molar-refractivity contribution is 8.00. The fourth-order valence-corrected chi connectivity index (χ4v) is 3.08. The molecule has 24 heavy (non-hydrogen) atoms. The van der Waals surface area contributed by atoms with Gasteiger partial charge in [0.15, 0.2) is 0 Å². The minimum absolute atomic E-state index is 0.0171. The summed E-state index contributed by atoms with van der Waals surface area (Å²) in [6, 6.07) is 13.6. The van der Waals surface area contributed by atoms with Crippen LogP contribution in [0, 0.1) is 0 Å². The fourth-order valence-electron chi connectivity index (χ4n) is 2.28. The number of hydrogen-bond acceptors (Lipinski definition) is 5. The molecule has 0 saturated carbocycles. The van der Waals surface area contributed by atoms with Crippen LogP contribution in [0.25, 0.3) is 11.6 Å². The van der Waals surface area contributed by atoms with Gasteiger partial charge in [-0.3, -0.25) is 4.79 Å². The van der Waals surface area contributed by atoms with E-state index in [2.05, 4.69) is 15.2 Å². The van der Waals surface area contributed by atoms with Crippen molar-refractivity contribution < 1.29 is 9.21 Å². The number of hydrogen-bond donors (Lipinski definition) is 1. The van der Waals surface area contributed by atoms with Gasteiger partial charge in [0.25, 0.3) is 11.1 Å². The van der Waals surface area contributed by atoms with Crippen molar-refractivity contribution >= 4 is 17.7 Å². The van der Waals surface area contributed by atoms with E-state index in [0.717, 1.165) is 11.3 Å².